The predicted octanol–water partition coefficient (Wildman–Crippen LogP) is 1.49. The summed E-state index contributed by atoms with van der Waals surface area (Å²) in [4.78, 5) is 7.40. The van der Waals surface area contributed by atoms with Crippen molar-refractivity contribution in [1.29, 1.82) is 0 Å². The molecule has 0 atom stereocenters. The second-order valence-corrected chi connectivity index (χ2v) is 5.37. The van der Waals surface area contributed by atoms with Gasteiger partial charge in [-0.3, -0.25) is 0 Å². The van der Waals surface area contributed by atoms with Crippen LogP contribution in [0.25, 0.3) is 0 Å². The summed E-state index contributed by atoms with van der Waals surface area (Å²) < 4.78 is 15.1. The van der Waals surface area contributed by atoms with Crippen LogP contribution < -0.4 is 0 Å². The van der Waals surface area contributed by atoms with E-state index in [0.29, 0.717) is 5.69 Å². The van der Waals surface area contributed by atoms with Crippen LogP contribution in [0.15, 0.2) is 16.8 Å². The normalized spacial score (nSPS) is 11.2. The molecule has 1 heterocycles. The Morgan fingerprint density at radius 3 is 2.33 bits per heavy atom. The Balaban J connectivity index is 3.08. The van der Waals surface area contributed by atoms with E-state index in [4.69, 9.17) is 11.6 Å². The molecule has 0 saturated heterocycles. The van der Waals surface area contributed by atoms with E-state index in [9.17, 15) is 4.21 Å². The van der Waals surface area contributed by atoms with Crippen molar-refractivity contribution in [3.63, 3.8) is 0 Å². The Hall–Kier alpha value is -0.680. The summed E-state index contributed by atoms with van der Waals surface area (Å²) in [6.07, 6.45) is 5.95. The number of rotatable bonds is 1. The minimum absolute atomic E-state index is 0.160. The molecule has 0 unspecified atom stereocenters. The fourth-order valence-corrected chi connectivity index (χ4v) is 1.31. The van der Waals surface area contributed by atoms with E-state index in [-0.39, 0.29) is 5.28 Å². The smallest absolute Gasteiger partial charge is 0.222 e. The van der Waals surface area contributed by atoms with Gasteiger partial charge >= 0.3 is 0 Å². The number of hydrogen-bond donors (Lipinski definition) is 0. The molecule has 4 nitrogen and oxygen atoms in total. The first-order valence-electron chi connectivity index (χ1n) is 3.12. The molecule has 0 radical (unpaired) electrons. The fraction of sp³-hybridized carbons (Fsp3) is 0.333. The Morgan fingerprint density at radius 1 is 1.42 bits per heavy atom. The third kappa shape index (κ3) is 3.15. The molecule has 0 fully saturated rings. The predicted molar refractivity (Wildman–Crippen MR) is 49.1 cm³/mol. The fourth-order valence-electron chi connectivity index (χ4n) is 0.606. The molecule has 6 heteroatoms. The van der Waals surface area contributed by atoms with E-state index in [0.717, 1.165) is 0 Å². The highest BCUT2D eigenvalue weighted by Crippen LogP contribution is 2.11. The van der Waals surface area contributed by atoms with Crippen molar-refractivity contribution in [2.24, 2.45) is 4.36 Å². The van der Waals surface area contributed by atoms with Gasteiger partial charge in [0.15, 0.2) is 0 Å². The first-order chi connectivity index (χ1) is 5.47. The Morgan fingerprint density at radius 2 is 1.92 bits per heavy atom. The molecule has 0 saturated carbocycles. The maximum Gasteiger partial charge on any atom is 0.222 e. The third-order valence-corrected chi connectivity index (χ3v) is 1.78. The zero-order valence-electron chi connectivity index (χ0n) is 6.69. The van der Waals surface area contributed by atoms with Crippen molar-refractivity contribution in [3.05, 3.63) is 17.7 Å². The lowest BCUT2D eigenvalue weighted by atomic mass is 10.6. The molecular weight excluding hydrogens is 198 g/mol. The van der Waals surface area contributed by atoms with Gasteiger partial charge in [-0.1, -0.05) is 0 Å². The summed E-state index contributed by atoms with van der Waals surface area (Å²) in [5.74, 6) is 0. The van der Waals surface area contributed by atoms with Gasteiger partial charge in [-0.25, -0.2) is 14.2 Å². The van der Waals surface area contributed by atoms with Crippen molar-refractivity contribution in [1.82, 2.24) is 9.97 Å². The van der Waals surface area contributed by atoms with Gasteiger partial charge in [0.2, 0.25) is 5.28 Å². The van der Waals surface area contributed by atoms with Gasteiger partial charge in [0.1, 0.15) is 5.69 Å². The zero-order chi connectivity index (χ0) is 9.19. The number of aromatic nitrogens is 2. The molecule has 0 aliphatic heterocycles. The highest BCUT2D eigenvalue weighted by atomic mass is 35.5. The lowest BCUT2D eigenvalue weighted by Gasteiger charge is -1.94. The van der Waals surface area contributed by atoms with E-state index < -0.39 is 9.73 Å². The summed E-state index contributed by atoms with van der Waals surface area (Å²) in [7, 11) is -2.14. The monoisotopic (exact) mass is 205 g/mol. The van der Waals surface area contributed by atoms with Crippen molar-refractivity contribution in [2.45, 2.75) is 0 Å². The minimum atomic E-state index is -2.14. The van der Waals surface area contributed by atoms with Crippen LogP contribution in [0.1, 0.15) is 0 Å². The van der Waals surface area contributed by atoms with Crippen LogP contribution >= 0.6 is 11.6 Å². The third-order valence-electron chi connectivity index (χ3n) is 0.932. The van der Waals surface area contributed by atoms with E-state index >= 15 is 0 Å². The largest absolute Gasteiger partial charge is 0.250 e. The standard InChI is InChI=1S/C6H8ClN3OS/c1-12(2,11)10-5-3-8-6(7)9-4-5/h3-4H,1-2H3. The van der Waals surface area contributed by atoms with E-state index in [2.05, 4.69) is 14.3 Å². The van der Waals surface area contributed by atoms with Crippen LogP contribution in [0.2, 0.25) is 5.28 Å². The van der Waals surface area contributed by atoms with Crippen LogP contribution in [-0.4, -0.2) is 26.7 Å². The molecule has 0 N–H and O–H groups in total. The Kier molecular flexibility index (Phi) is 2.64. The van der Waals surface area contributed by atoms with Crippen molar-refractivity contribution < 1.29 is 4.21 Å². The SMILES string of the molecule is CS(C)(=O)=Nc1cnc(Cl)nc1. The zero-order valence-corrected chi connectivity index (χ0v) is 8.26. The van der Waals surface area contributed by atoms with Gasteiger partial charge < -0.3 is 0 Å². The van der Waals surface area contributed by atoms with Crippen LogP contribution in [0.3, 0.4) is 0 Å². The topological polar surface area (TPSA) is 55.2 Å². The Labute approximate surface area is 76.2 Å². The maximum absolute atomic E-state index is 11.2. The second kappa shape index (κ2) is 3.37. The second-order valence-electron chi connectivity index (χ2n) is 2.48. The van der Waals surface area contributed by atoms with Gasteiger partial charge in [-0.05, 0) is 11.6 Å². The van der Waals surface area contributed by atoms with Crippen LogP contribution in [0.5, 0.6) is 0 Å². The van der Waals surface area contributed by atoms with E-state index in [1.807, 2.05) is 0 Å². The number of hydrogen-bond acceptors (Lipinski definition) is 4. The van der Waals surface area contributed by atoms with Crippen molar-refractivity contribution in [2.75, 3.05) is 12.5 Å². The molecule has 0 spiro atoms. The van der Waals surface area contributed by atoms with Crippen molar-refractivity contribution in [3.8, 4) is 0 Å². The highest BCUT2D eigenvalue weighted by molar-refractivity contribution is 7.92. The van der Waals surface area contributed by atoms with Crippen LogP contribution in [-0.2, 0) is 9.73 Å². The molecule has 0 amide bonds. The molecule has 1 aromatic rings. The summed E-state index contributed by atoms with van der Waals surface area (Å²) >= 11 is 5.45. The quantitative estimate of drug-likeness (QED) is 0.653. The highest BCUT2D eigenvalue weighted by Gasteiger charge is 1.94. The molecule has 1 aromatic heterocycles. The van der Waals surface area contributed by atoms with Gasteiger partial charge in [-0.2, -0.15) is 4.36 Å². The number of halogens is 1. The molecular formula is C6H8ClN3OS. The molecule has 12 heavy (non-hydrogen) atoms. The van der Waals surface area contributed by atoms with Gasteiger partial charge in [0.25, 0.3) is 0 Å². The summed E-state index contributed by atoms with van der Waals surface area (Å²) in [5, 5.41) is 0.160. The van der Waals surface area contributed by atoms with Gasteiger partial charge in [0.05, 0.1) is 12.4 Å². The lowest BCUT2D eigenvalue weighted by molar-refractivity contribution is 0.684. The van der Waals surface area contributed by atoms with E-state index in [1.54, 1.807) is 12.5 Å². The lowest BCUT2D eigenvalue weighted by Crippen LogP contribution is -1.89. The Bertz CT molecular complexity index is 372. The van der Waals surface area contributed by atoms with Gasteiger partial charge in [0, 0.05) is 22.2 Å². The van der Waals surface area contributed by atoms with Gasteiger partial charge in [-0.15, -0.1) is 0 Å². The van der Waals surface area contributed by atoms with Crippen LogP contribution in [0, 0.1) is 0 Å². The van der Waals surface area contributed by atoms with E-state index in [1.165, 1.54) is 12.4 Å². The molecule has 0 aliphatic carbocycles. The first-order valence-corrected chi connectivity index (χ1v) is 5.83. The maximum atomic E-state index is 11.2. The molecule has 66 valence electrons. The molecule has 0 aliphatic rings. The summed E-state index contributed by atoms with van der Waals surface area (Å²) in [5.41, 5.74) is 0.481. The summed E-state index contributed by atoms with van der Waals surface area (Å²) in [6, 6.07) is 0. The summed E-state index contributed by atoms with van der Waals surface area (Å²) in [6.45, 7) is 0. The van der Waals surface area contributed by atoms with Crippen LogP contribution in [0.4, 0.5) is 5.69 Å². The average molecular weight is 206 g/mol. The minimum Gasteiger partial charge on any atom is -0.250 e. The molecule has 1 rings (SSSR count). The van der Waals surface area contributed by atoms with Crippen molar-refractivity contribution >= 4 is 27.0 Å². The molecule has 0 aromatic carbocycles. The molecule has 0 bridgehead atoms. The number of nitrogens with zero attached hydrogens (tertiary/aromatic N) is 3. The first kappa shape index (κ1) is 9.41. The average Bonchev–Trinajstić information content (AvgIpc) is 1.91.